The third-order valence-electron chi connectivity index (χ3n) is 10.1. The molecule has 8 atom stereocenters. The number of rotatable bonds is 6. The van der Waals surface area contributed by atoms with Crippen molar-refractivity contribution >= 4 is 5.91 Å². The van der Waals surface area contributed by atoms with Crippen molar-refractivity contribution in [3.05, 3.63) is 30.2 Å². The lowest BCUT2D eigenvalue weighted by atomic mass is 9.41. The van der Waals surface area contributed by atoms with Crippen molar-refractivity contribution in [2.45, 2.75) is 88.6 Å². The lowest BCUT2D eigenvalue weighted by molar-refractivity contribution is -0.118. The van der Waals surface area contributed by atoms with Crippen molar-refractivity contribution in [1.29, 1.82) is 0 Å². The number of allylic oxidation sites excluding steroid dienone is 2. The van der Waals surface area contributed by atoms with Crippen LogP contribution in [-0.4, -0.2) is 17.5 Å². The van der Waals surface area contributed by atoms with E-state index >= 15 is 0 Å². The van der Waals surface area contributed by atoms with Gasteiger partial charge in [-0.25, -0.2) is 0 Å². The van der Waals surface area contributed by atoms with Crippen LogP contribution in [0.15, 0.2) is 30.5 Å². The van der Waals surface area contributed by atoms with Crippen LogP contribution in [0.1, 0.15) is 77.0 Å². The van der Waals surface area contributed by atoms with Gasteiger partial charge in [0.05, 0.1) is 0 Å². The fourth-order valence-corrected chi connectivity index (χ4v) is 8.75. The zero-order chi connectivity index (χ0) is 21.6. The van der Waals surface area contributed by atoms with Crippen LogP contribution in [0.25, 0.3) is 0 Å². The molecule has 0 aromatic rings. The number of carbonyl (C=O) groups excluding carboxylic acids is 1. The summed E-state index contributed by atoms with van der Waals surface area (Å²) in [5, 5.41) is 2.55. The largest absolute Gasteiger partial charge is 0.328 e. The molecule has 8 unspecified atom stereocenters. The van der Waals surface area contributed by atoms with Gasteiger partial charge >= 0.3 is 0 Å². The molecule has 1 amide bonds. The number of hydrogen-bond donors (Lipinski definition) is 2. The fourth-order valence-electron chi connectivity index (χ4n) is 8.75. The Bertz CT molecular complexity index is 723. The minimum Gasteiger partial charge on any atom is -0.328 e. The van der Waals surface area contributed by atoms with Gasteiger partial charge in [0.25, 0.3) is 5.91 Å². The van der Waals surface area contributed by atoms with Gasteiger partial charge in [-0.1, -0.05) is 12.2 Å². The van der Waals surface area contributed by atoms with Gasteiger partial charge < -0.3 is 11.5 Å². The zero-order valence-electron chi connectivity index (χ0n) is 18.4. The SMILES string of the molecule is C=CC12CCC3C(N)(CCC4CC(N)CCC43C=C)C1CCC2CCCC(=O)N=O. The standard InChI is InChI=1S/C25H39N3O2/c1-3-23-14-12-21-24(4-2)13-11-19(26)16-18(24)10-15-25(21,27)20(23)9-8-17(23)6-5-7-22(29)28-30/h3-4,17-21H,1-2,5-16,26-27H2. The molecule has 166 valence electrons. The van der Waals surface area contributed by atoms with E-state index in [1.54, 1.807) is 0 Å². The third kappa shape index (κ3) is 3.07. The number of carbonyl (C=O) groups is 1. The lowest BCUT2D eigenvalue weighted by Crippen LogP contribution is -2.68. The first kappa shape index (κ1) is 21.9. The van der Waals surface area contributed by atoms with E-state index in [4.69, 9.17) is 11.5 Å². The number of nitrogens with zero attached hydrogens (tertiary/aromatic N) is 1. The maximum atomic E-state index is 11.3. The molecule has 4 rings (SSSR count). The van der Waals surface area contributed by atoms with E-state index < -0.39 is 5.91 Å². The van der Waals surface area contributed by atoms with Crippen molar-refractivity contribution in [3.63, 3.8) is 0 Å². The number of nitrogens with two attached hydrogens (primary N) is 2. The molecule has 4 fully saturated rings. The Morgan fingerprint density at radius 3 is 2.40 bits per heavy atom. The average Bonchev–Trinajstić information content (AvgIpc) is 3.13. The van der Waals surface area contributed by atoms with Crippen LogP contribution in [0.3, 0.4) is 0 Å². The van der Waals surface area contributed by atoms with Crippen LogP contribution in [0, 0.1) is 39.4 Å². The Morgan fingerprint density at radius 1 is 1.00 bits per heavy atom. The molecule has 0 bridgehead atoms. The molecule has 30 heavy (non-hydrogen) atoms. The molecule has 0 heterocycles. The Hall–Kier alpha value is -1.33. The maximum absolute atomic E-state index is 11.3. The third-order valence-corrected chi connectivity index (χ3v) is 10.1. The summed E-state index contributed by atoms with van der Waals surface area (Å²) in [5.74, 6) is 1.51. The molecule has 4 saturated carbocycles. The molecule has 4 aliphatic rings. The first-order chi connectivity index (χ1) is 14.4. The molecular weight excluding hydrogens is 374 g/mol. The van der Waals surface area contributed by atoms with E-state index in [0.29, 0.717) is 29.7 Å². The summed E-state index contributed by atoms with van der Waals surface area (Å²) in [7, 11) is 0. The first-order valence-corrected chi connectivity index (χ1v) is 12.0. The zero-order valence-corrected chi connectivity index (χ0v) is 18.4. The highest BCUT2D eigenvalue weighted by molar-refractivity contribution is 5.76. The highest BCUT2D eigenvalue weighted by Gasteiger charge is 2.66. The van der Waals surface area contributed by atoms with Crippen molar-refractivity contribution in [1.82, 2.24) is 0 Å². The van der Waals surface area contributed by atoms with Crippen LogP contribution >= 0.6 is 0 Å². The second-order valence-corrected chi connectivity index (χ2v) is 10.8. The molecule has 5 heteroatoms. The van der Waals surface area contributed by atoms with E-state index in [2.05, 4.69) is 30.5 Å². The summed E-state index contributed by atoms with van der Waals surface area (Å²) in [6.07, 6.45) is 16.5. The number of amides is 1. The lowest BCUT2D eigenvalue weighted by Gasteiger charge is -2.65. The molecule has 4 aliphatic carbocycles. The Kier molecular flexibility index (Phi) is 5.82. The predicted molar refractivity (Wildman–Crippen MR) is 120 cm³/mol. The summed E-state index contributed by atoms with van der Waals surface area (Å²) in [4.78, 5) is 21.8. The van der Waals surface area contributed by atoms with Gasteiger partial charge in [-0.15, -0.1) is 18.1 Å². The van der Waals surface area contributed by atoms with Gasteiger partial charge in [-0.05, 0) is 105 Å². The number of hydrogen-bond acceptors (Lipinski definition) is 4. The molecule has 0 aromatic heterocycles. The van der Waals surface area contributed by atoms with E-state index in [9.17, 15) is 9.70 Å². The van der Waals surface area contributed by atoms with Crippen molar-refractivity contribution < 1.29 is 4.79 Å². The second kappa shape index (κ2) is 7.98. The van der Waals surface area contributed by atoms with Crippen LogP contribution in [0.2, 0.25) is 0 Å². The van der Waals surface area contributed by atoms with Crippen LogP contribution < -0.4 is 11.5 Å². The van der Waals surface area contributed by atoms with Gasteiger partial charge in [-0.3, -0.25) is 4.79 Å². The minimum atomic E-state index is -0.530. The Labute approximate surface area is 181 Å². The quantitative estimate of drug-likeness (QED) is 0.480. The molecule has 4 N–H and O–H groups in total. The number of fused-ring (bicyclic) bond motifs is 5. The first-order valence-electron chi connectivity index (χ1n) is 12.0. The van der Waals surface area contributed by atoms with Crippen molar-refractivity contribution in [2.75, 3.05) is 0 Å². The van der Waals surface area contributed by atoms with Gasteiger partial charge in [0, 0.05) is 23.2 Å². The van der Waals surface area contributed by atoms with E-state index in [-0.39, 0.29) is 22.8 Å². The molecule has 0 aliphatic heterocycles. The molecule has 0 aromatic carbocycles. The summed E-state index contributed by atoms with van der Waals surface area (Å²) in [5.41, 5.74) is 13.8. The van der Waals surface area contributed by atoms with Gasteiger partial charge in [-0.2, -0.15) is 0 Å². The van der Waals surface area contributed by atoms with E-state index in [1.165, 1.54) is 0 Å². The predicted octanol–water partition coefficient (Wildman–Crippen LogP) is 4.85. The summed E-state index contributed by atoms with van der Waals surface area (Å²) in [6, 6.07) is 0.323. The highest BCUT2D eigenvalue weighted by atomic mass is 16.3. The summed E-state index contributed by atoms with van der Waals surface area (Å²) in [6.45, 7) is 8.62. The summed E-state index contributed by atoms with van der Waals surface area (Å²) < 4.78 is 0. The average molecular weight is 414 g/mol. The molecular formula is C25H39N3O2. The highest BCUT2D eigenvalue weighted by Crippen LogP contribution is 2.69. The van der Waals surface area contributed by atoms with Crippen LogP contribution in [0.5, 0.6) is 0 Å². The molecule has 0 radical (unpaired) electrons. The van der Waals surface area contributed by atoms with Crippen molar-refractivity contribution in [3.8, 4) is 0 Å². The minimum absolute atomic E-state index is 0.0587. The topological polar surface area (TPSA) is 98.5 Å². The van der Waals surface area contributed by atoms with Crippen LogP contribution in [-0.2, 0) is 4.79 Å². The normalized spacial score (nSPS) is 47.5. The Balaban J connectivity index is 1.59. The molecule has 5 nitrogen and oxygen atoms in total. The molecule has 0 spiro atoms. The molecule has 0 saturated heterocycles. The monoisotopic (exact) mass is 413 g/mol. The van der Waals surface area contributed by atoms with Gasteiger partial charge in [0.15, 0.2) is 0 Å². The smallest absolute Gasteiger partial charge is 0.286 e. The van der Waals surface area contributed by atoms with Gasteiger partial charge in [0.1, 0.15) is 0 Å². The number of nitroso groups, excluding NO2 is 1. The Morgan fingerprint density at radius 2 is 1.70 bits per heavy atom. The fraction of sp³-hybridized carbons (Fsp3) is 0.800. The van der Waals surface area contributed by atoms with E-state index in [1.807, 2.05) is 0 Å². The van der Waals surface area contributed by atoms with Crippen LogP contribution in [0.4, 0.5) is 0 Å². The summed E-state index contributed by atoms with van der Waals surface area (Å²) >= 11 is 0. The van der Waals surface area contributed by atoms with Crippen molar-refractivity contribution in [2.24, 2.45) is 51.1 Å². The van der Waals surface area contributed by atoms with E-state index in [0.717, 1.165) is 70.6 Å². The van der Waals surface area contributed by atoms with Gasteiger partial charge in [0.2, 0.25) is 0 Å². The second-order valence-electron chi connectivity index (χ2n) is 10.8. The maximum Gasteiger partial charge on any atom is 0.286 e.